The molecule has 2 heterocycles. The van der Waals surface area contributed by atoms with Crippen LogP contribution in [0.4, 0.5) is 0 Å². The van der Waals surface area contributed by atoms with Gasteiger partial charge in [-0.05, 0) is 31.0 Å². The van der Waals surface area contributed by atoms with Crippen molar-refractivity contribution in [3.63, 3.8) is 0 Å². The zero-order valence-electron chi connectivity index (χ0n) is 10.2. The molecule has 0 saturated heterocycles. The van der Waals surface area contributed by atoms with E-state index in [2.05, 4.69) is 9.97 Å². The molecule has 2 aromatic rings. The van der Waals surface area contributed by atoms with Crippen LogP contribution in [0, 0.1) is 0 Å². The molecule has 0 fully saturated rings. The molecule has 0 N–H and O–H groups in total. The molecule has 0 unspecified atom stereocenters. The molecule has 18 heavy (non-hydrogen) atoms. The van der Waals surface area contributed by atoms with E-state index in [0.717, 1.165) is 6.42 Å². The lowest BCUT2D eigenvalue weighted by Crippen LogP contribution is -2.32. The van der Waals surface area contributed by atoms with Gasteiger partial charge < -0.3 is 4.90 Å². The maximum atomic E-state index is 12.1. The number of rotatable bonds is 5. The quantitative estimate of drug-likeness (QED) is 0.829. The van der Waals surface area contributed by atoms with Gasteiger partial charge in [0.15, 0.2) is 5.01 Å². The Morgan fingerprint density at radius 1 is 1.33 bits per heavy atom. The van der Waals surface area contributed by atoms with E-state index in [0.29, 0.717) is 18.1 Å². The lowest BCUT2D eigenvalue weighted by atomic mass is 10.2. The van der Waals surface area contributed by atoms with Crippen LogP contribution in [-0.2, 0) is 6.42 Å². The summed E-state index contributed by atoms with van der Waals surface area (Å²) in [5, 5.41) is 2.38. The number of aromatic nitrogens is 2. The summed E-state index contributed by atoms with van der Waals surface area (Å²) >= 11 is 1.38. The smallest absolute Gasteiger partial charge is 0.282 e. The summed E-state index contributed by atoms with van der Waals surface area (Å²) in [4.78, 5) is 22.0. The van der Waals surface area contributed by atoms with Gasteiger partial charge in [-0.1, -0.05) is 0 Å². The summed E-state index contributed by atoms with van der Waals surface area (Å²) in [5.41, 5.74) is 1.19. The van der Waals surface area contributed by atoms with E-state index in [1.165, 1.54) is 16.9 Å². The van der Waals surface area contributed by atoms with Gasteiger partial charge in [-0.15, -0.1) is 11.3 Å². The van der Waals surface area contributed by atoms with Crippen LogP contribution in [0.1, 0.15) is 22.3 Å². The first-order chi connectivity index (χ1) is 8.81. The summed E-state index contributed by atoms with van der Waals surface area (Å²) < 4.78 is 0. The molecule has 5 heteroatoms. The summed E-state index contributed by atoms with van der Waals surface area (Å²) in [6, 6.07) is 3.95. The third-order valence-electron chi connectivity index (χ3n) is 2.70. The Labute approximate surface area is 110 Å². The fourth-order valence-corrected chi connectivity index (χ4v) is 2.28. The summed E-state index contributed by atoms with van der Waals surface area (Å²) in [6.45, 7) is 3.39. The maximum Gasteiger partial charge on any atom is 0.282 e. The Morgan fingerprint density at radius 2 is 2.11 bits per heavy atom. The fourth-order valence-electron chi connectivity index (χ4n) is 1.68. The number of likely N-dealkylation sites (N-methyl/N-ethyl adjacent to an activating group) is 1. The number of nitrogens with zero attached hydrogens (tertiary/aromatic N) is 3. The normalized spacial score (nSPS) is 10.3. The van der Waals surface area contributed by atoms with Gasteiger partial charge >= 0.3 is 0 Å². The Bertz CT molecular complexity index is 484. The van der Waals surface area contributed by atoms with Gasteiger partial charge in [-0.25, -0.2) is 4.98 Å². The van der Waals surface area contributed by atoms with Crippen molar-refractivity contribution in [1.82, 2.24) is 14.9 Å². The molecule has 1 amide bonds. The average molecular weight is 261 g/mol. The number of hydrogen-bond acceptors (Lipinski definition) is 4. The van der Waals surface area contributed by atoms with Crippen molar-refractivity contribution in [1.29, 1.82) is 0 Å². The Kier molecular flexibility index (Phi) is 4.41. The van der Waals surface area contributed by atoms with Gasteiger partial charge in [0.05, 0.1) is 0 Å². The Balaban J connectivity index is 1.96. The monoisotopic (exact) mass is 261 g/mol. The van der Waals surface area contributed by atoms with Gasteiger partial charge in [-0.3, -0.25) is 9.78 Å². The average Bonchev–Trinajstić information content (AvgIpc) is 2.94. The molecule has 4 nitrogen and oxygen atoms in total. The maximum absolute atomic E-state index is 12.1. The third kappa shape index (κ3) is 3.13. The first-order valence-corrected chi connectivity index (χ1v) is 6.77. The van der Waals surface area contributed by atoms with Crippen LogP contribution in [0.25, 0.3) is 0 Å². The summed E-state index contributed by atoms with van der Waals surface area (Å²) in [7, 11) is 0. The van der Waals surface area contributed by atoms with Crippen LogP contribution >= 0.6 is 11.3 Å². The van der Waals surface area contributed by atoms with E-state index in [1.807, 2.05) is 29.3 Å². The Morgan fingerprint density at radius 3 is 2.72 bits per heavy atom. The Hall–Kier alpha value is -1.75. The van der Waals surface area contributed by atoms with Gasteiger partial charge in [0.1, 0.15) is 0 Å². The molecule has 0 radical (unpaired) electrons. The van der Waals surface area contributed by atoms with Crippen LogP contribution in [0.15, 0.2) is 36.1 Å². The minimum atomic E-state index is 0.0153. The highest BCUT2D eigenvalue weighted by Gasteiger charge is 2.15. The number of hydrogen-bond donors (Lipinski definition) is 0. The van der Waals surface area contributed by atoms with Crippen LogP contribution in [0.5, 0.6) is 0 Å². The van der Waals surface area contributed by atoms with Crippen molar-refractivity contribution in [3.05, 3.63) is 46.7 Å². The molecular weight excluding hydrogens is 246 g/mol. The summed E-state index contributed by atoms with van der Waals surface area (Å²) in [5.74, 6) is 0.0153. The van der Waals surface area contributed by atoms with Crippen molar-refractivity contribution in [2.45, 2.75) is 13.3 Å². The van der Waals surface area contributed by atoms with Crippen LogP contribution in [-0.4, -0.2) is 33.9 Å². The number of pyridine rings is 1. The lowest BCUT2D eigenvalue weighted by Gasteiger charge is -2.19. The van der Waals surface area contributed by atoms with Crippen LogP contribution in [0.3, 0.4) is 0 Å². The molecule has 0 aliphatic heterocycles. The van der Waals surface area contributed by atoms with E-state index >= 15 is 0 Å². The largest absolute Gasteiger partial charge is 0.337 e. The molecule has 0 bridgehead atoms. The molecule has 0 spiro atoms. The van der Waals surface area contributed by atoms with E-state index < -0.39 is 0 Å². The molecule has 94 valence electrons. The molecule has 0 atom stereocenters. The molecule has 2 rings (SSSR count). The molecular formula is C13H15N3OS. The SMILES string of the molecule is CCN(CCc1ccncc1)C(=O)c1nccs1. The second kappa shape index (κ2) is 6.26. The molecule has 0 aliphatic carbocycles. The van der Waals surface area contributed by atoms with Crippen molar-refractivity contribution < 1.29 is 4.79 Å². The zero-order chi connectivity index (χ0) is 12.8. The van der Waals surface area contributed by atoms with Crippen LogP contribution in [0.2, 0.25) is 0 Å². The highest BCUT2D eigenvalue weighted by atomic mass is 32.1. The van der Waals surface area contributed by atoms with E-state index in [4.69, 9.17) is 0 Å². The van der Waals surface area contributed by atoms with Crippen LogP contribution < -0.4 is 0 Å². The van der Waals surface area contributed by atoms with E-state index in [9.17, 15) is 4.79 Å². The minimum absolute atomic E-state index is 0.0153. The van der Waals surface area contributed by atoms with E-state index in [1.54, 1.807) is 18.6 Å². The first-order valence-electron chi connectivity index (χ1n) is 5.89. The number of amides is 1. The summed E-state index contributed by atoms with van der Waals surface area (Å²) in [6.07, 6.45) is 6.05. The molecule has 2 aromatic heterocycles. The number of carbonyl (C=O) groups excluding carboxylic acids is 1. The third-order valence-corrected chi connectivity index (χ3v) is 3.47. The molecule has 0 aromatic carbocycles. The van der Waals surface area contributed by atoms with Gasteiger partial charge in [0, 0.05) is 37.1 Å². The fraction of sp³-hybridized carbons (Fsp3) is 0.308. The zero-order valence-corrected chi connectivity index (χ0v) is 11.1. The van der Waals surface area contributed by atoms with E-state index in [-0.39, 0.29) is 5.91 Å². The highest BCUT2D eigenvalue weighted by molar-refractivity contribution is 7.11. The molecule has 0 aliphatic rings. The highest BCUT2D eigenvalue weighted by Crippen LogP contribution is 2.09. The van der Waals surface area contributed by atoms with Gasteiger partial charge in [-0.2, -0.15) is 0 Å². The topological polar surface area (TPSA) is 46.1 Å². The van der Waals surface area contributed by atoms with Gasteiger partial charge in [0.25, 0.3) is 5.91 Å². The standard InChI is InChI=1S/C13H15N3OS/c1-2-16(13(17)12-15-8-10-18-12)9-5-11-3-6-14-7-4-11/h3-4,6-8,10H,2,5,9H2,1H3. The number of carbonyl (C=O) groups is 1. The van der Waals surface area contributed by atoms with Crippen molar-refractivity contribution in [2.24, 2.45) is 0 Å². The molecule has 0 saturated carbocycles. The predicted molar refractivity (Wildman–Crippen MR) is 71.6 cm³/mol. The lowest BCUT2D eigenvalue weighted by molar-refractivity contribution is 0.0766. The van der Waals surface area contributed by atoms with Crippen molar-refractivity contribution in [2.75, 3.05) is 13.1 Å². The predicted octanol–water partition coefficient (Wildman–Crippen LogP) is 2.24. The van der Waals surface area contributed by atoms with Crippen molar-refractivity contribution in [3.8, 4) is 0 Å². The number of thiazole rings is 1. The van der Waals surface area contributed by atoms with Crippen molar-refractivity contribution >= 4 is 17.2 Å². The van der Waals surface area contributed by atoms with Gasteiger partial charge in [0.2, 0.25) is 0 Å². The first kappa shape index (κ1) is 12.7. The second-order valence-electron chi connectivity index (χ2n) is 3.83. The minimum Gasteiger partial charge on any atom is -0.337 e. The second-order valence-corrected chi connectivity index (χ2v) is 4.72.